The van der Waals surface area contributed by atoms with Gasteiger partial charge in [-0.25, -0.2) is 4.57 Å². The first-order chi connectivity index (χ1) is 26.1. The Morgan fingerprint density at radius 1 is 0.358 bits per heavy atom. The maximum Gasteiger partial charge on any atom is 0.476 e. The molecular weight excluding hydrogens is 671 g/mol. The first-order valence-electron chi connectivity index (χ1n) is 21.9. The third-order valence-corrected chi connectivity index (χ3v) is 12.0. The summed E-state index contributed by atoms with van der Waals surface area (Å²) in [7, 11) is -4.10. The van der Waals surface area contributed by atoms with Crippen LogP contribution in [0.25, 0.3) is 0 Å². The number of hydrogen-bond acceptors (Lipinski definition) is 4. The third-order valence-electron chi connectivity index (χ3n) is 10.5. The maximum atomic E-state index is 15.5. The van der Waals surface area contributed by atoms with Crippen LogP contribution in [0.5, 0.6) is 0 Å². The predicted molar refractivity (Wildman–Crippen MR) is 226 cm³/mol. The van der Waals surface area contributed by atoms with Crippen molar-refractivity contribution in [3.05, 3.63) is 108 Å². The average Bonchev–Trinajstić information content (AvgIpc) is 3.19. The van der Waals surface area contributed by atoms with Crippen LogP contribution in [0.4, 0.5) is 0 Å². The molecule has 0 heterocycles. The van der Waals surface area contributed by atoms with Gasteiger partial charge < -0.3 is 0 Å². The molecule has 53 heavy (non-hydrogen) atoms. The number of rotatable bonds is 33. The van der Waals surface area contributed by atoms with Crippen LogP contribution in [0.1, 0.15) is 210 Å². The third kappa shape index (κ3) is 19.8. The van der Waals surface area contributed by atoms with E-state index in [1.165, 1.54) is 96.3 Å². The minimum absolute atomic E-state index is 0.386. The van der Waals surface area contributed by atoms with E-state index >= 15 is 4.57 Å². The Hall–Kier alpha value is -2.23. The summed E-state index contributed by atoms with van der Waals surface area (Å²) in [6.45, 7) is 6.79. The van der Waals surface area contributed by atoms with Crippen LogP contribution in [0.2, 0.25) is 0 Å². The van der Waals surface area contributed by atoms with E-state index in [0.717, 1.165) is 74.5 Å². The van der Waals surface area contributed by atoms with Crippen molar-refractivity contribution < 1.29 is 18.1 Å². The van der Waals surface area contributed by atoms with Crippen molar-refractivity contribution in [1.29, 1.82) is 0 Å². The molecule has 0 aliphatic carbocycles. The molecule has 3 rings (SSSR count). The number of phosphoric ester groups is 1. The zero-order chi connectivity index (χ0) is 37.7. The standard InChI is InChI=1S/C48H75O4P/c1-4-7-10-13-16-19-31-40-46(43-34-25-22-26-35-43)50-53(49,51-47(44-36-27-23-28-37-44)41-32-20-17-14-11-8-5-2)52-48(45-38-29-24-30-39-45)42-33-21-18-15-12-9-6-3/h22-30,34-39,46-48H,4-21,31-33,40-42H2,1-3H3. The molecule has 3 aromatic rings. The molecule has 0 saturated heterocycles. The van der Waals surface area contributed by atoms with Crippen LogP contribution in [-0.2, 0) is 18.1 Å². The van der Waals surface area contributed by atoms with E-state index in [9.17, 15) is 0 Å². The van der Waals surface area contributed by atoms with Gasteiger partial charge in [0.2, 0.25) is 0 Å². The summed E-state index contributed by atoms with van der Waals surface area (Å²) in [6, 6.07) is 30.9. The van der Waals surface area contributed by atoms with Crippen LogP contribution >= 0.6 is 7.82 Å². The molecule has 3 atom stereocenters. The molecule has 4 nitrogen and oxygen atoms in total. The topological polar surface area (TPSA) is 44.8 Å². The van der Waals surface area contributed by atoms with Gasteiger partial charge in [0.1, 0.15) is 0 Å². The summed E-state index contributed by atoms with van der Waals surface area (Å²) in [6.07, 6.45) is 26.6. The van der Waals surface area contributed by atoms with E-state index in [0.29, 0.717) is 0 Å². The van der Waals surface area contributed by atoms with Gasteiger partial charge in [0.05, 0.1) is 18.3 Å². The highest BCUT2D eigenvalue weighted by molar-refractivity contribution is 7.48. The molecule has 0 bridgehead atoms. The molecular formula is C48H75O4P. The quantitative estimate of drug-likeness (QED) is 0.0460. The lowest BCUT2D eigenvalue weighted by Crippen LogP contribution is -2.13. The van der Waals surface area contributed by atoms with Crippen LogP contribution in [0.3, 0.4) is 0 Å². The van der Waals surface area contributed by atoms with Gasteiger partial charge in [-0.1, -0.05) is 247 Å². The Balaban J connectivity index is 1.88. The molecule has 3 aromatic carbocycles. The van der Waals surface area contributed by atoms with Gasteiger partial charge in [-0.15, -0.1) is 0 Å². The van der Waals surface area contributed by atoms with Gasteiger partial charge in [-0.3, -0.25) is 13.6 Å². The minimum Gasteiger partial charge on any atom is -0.279 e. The average molecular weight is 747 g/mol. The van der Waals surface area contributed by atoms with Crippen molar-refractivity contribution in [2.24, 2.45) is 0 Å². The molecule has 0 amide bonds. The smallest absolute Gasteiger partial charge is 0.279 e. The molecule has 0 aliphatic heterocycles. The number of benzene rings is 3. The van der Waals surface area contributed by atoms with Crippen molar-refractivity contribution in [1.82, 2.24) is 0 Å². The molecule has 0 spiro atoms. The van der Waals surface area contributed by atoms with Crippen molar-refractivity contribution >= 4 is 7.82 Å². The molecule has 0 saturated carbocycles. The van der Waals surface area contributed by atoms with Gasteiger partial charge in [-0.05, 0) is 36.0 Å². The van der Waals surface area contributed by atoms with Crippen LogP contribution < -0.4 is 0 Å². The summed E-state index contributed by atoms with van der Waals surface area (Å²) in [5.74, 6) is 0. The summed E-state index contributed by atoms with van der Waals surface area (Å²) < 4.78 is 36.0. The highest BCUT2D eigenvalue weighted by Crippen LogP contribution is 2.60. The zero-order valence-corrected chi connectivity index (χ0v) is 34.8. The van der Waals surface area contributed by atoms with E-state index in [4.69, 9.17) is 13.6 Å². The molecule has 0 fully saturated rings. The second-order valence-corrected chi connectivity index (χ2v) is 16.7. The molecule has 3 unspecified atom stereocenters. The van der Waals surface area contributed by atoms with Crippen molar-refractivity contribution in [3.8, 4) is 0 Å². The molecule has 5 heteroatoms. The molecule has 0 N–H and O–H groups in total. The van der Waals surface area contributed by atoms with Gasteiger partial charge in [0, 0.05) is 0 Å². The van der Waals surface area contributed by atoms with Crippen molar-refractivity contribution in [2.75, 3.05) is 0 Å². The molecule has 0 aromatic heterocycles. The largest absolute Gasteiger partial charge is 0.476 e. The van der Waals surface area contributed by atoms with E-state index in [1.807, 2.05) is 54.6 Å². The Kier molecular flexibility index (Phi) is 24.8. The van der Waals surface area contributed by atoms with Gasteiger partial charge in [0.15, 0.2) is 0 Å². The van der Waals surface area contributed by atoms with Crippen LogP contribution in [0.15, 0.2) is 91.0 Å². The van der Waals surface area contributed by atoms with Crippen molar-refractivity contribution in [3.63, 3.8) is 0 Å². The van der Waals surface area contributed by atoms with Crippen LogP contribution in [-0.4, -0.2) is 0 Å². The second kappa shape index (κ2) is 29.1. The Labute approximate surface area is 325 Å². The molecule has 0 aliphatic rings. The van der Waals surface area contributed by atoms with E-state index in [2.05, 4.69) is 57.2 Å². The number of phosphoric acid groups is 1. The van der Waals surface area contributed by atoms with Gasteiger partial charge >= 0.3 is 7.82 Å². The lowest BCUT2D eigenvalue weighted by Gasteiger charge is -2.31. The minimum atomic E-state index is -4.10. The normalized spacial score (nSPS) is 14.5. The predicted octanol–water partition coefficient (Wildman–Crippen LogP) is 16.8. The Morgan fingerprint density at radius 3 is 0.830 bits per heavy atom. The fraction of sp³-hybridized carbons (Fsp3) is 0.625. The number of hydrogen-bond donors (Lipinski definition) is 0. The Morgan fingerprint density at radius 2 is 0.585 bits per heavy atom. The van der Waals surface area contributed by atoms with E-state index < -0.39 is 7.82 Å². The first kappa shape index (κ1) is 45.2. The summed E-state index contributed by atoms with van der Waals surface area (Å²) in [5, 5.41) is 0. The Bertz CT molecular complexity index is 1140. The van der Waals surface area contributed by atoms with E-state index in [1.54, 1.807) is 0 Å². The van der Waals surface area contributed by atoms with Crippen LogP contribution in [0, 0.1) is 0 Å². The number of unbranched alkanes of at least 4 members (excludes halogenated alkanes) is 18. The van der Waals surface area contributed by atoms with Crippen molar-refractivity contribution in [2.45, 2.75) is 193 Å². The molecule has 296 valence electrons. The fourth-order valence-corrected chi connectivity index (χ4v) is 9.01. The molecule has 0 radical (unpaired) electrons. The fourth-order valence-electron chi connectivity index (χ4n) is 7.25. The van der Waals surface area contributed by atoms with Gasteiger partial charge in [-0.2, -0.15) is 0 Å². The first-order valence-corrected chi connectivity index (χ1v) is 23.3. The summed E-state index contributed by atoms with van der Waals surface area (Å²) >= 11 is 0. The SMILES string of the molecule is CCCCCCCCCC(OP(=O)(OC(CCCCCCCCC)c1ccccc1)OC(CCCCCCCCC)c1ccccc1)c1ccccc1. The monoisotopic (exact) mass is 747 g/mol. The highest BCUT2D eigenvalue weighted by atomic mass is 31.2. The lowest BCUT2D eigenvalue weighted by atomic mass is 10.0. The highest BCUT2D eigenvalue weighted by Gasteiger charge is 2.38. The maximum absolute atomic E-state index is 15.5. The lowest BCUT2D eigenvalue weighted by molar-refractivity contribution is 0.0211. The van der Waals surface area contributed by atoms with E-state index in [-0.39, 0.29) is 18.3 Å². The summed E-state index contributed by atoms with van der Waals surface area (Å²) in [4.78, 5) is 0. The summed E-state index contributed by atoms with van der Waals surface area (Å²) in [5.41, 5.74) is 3.08. The van der Waals surface area contributed by atoms with Gasteiger partial charge in [0.25, 0.3) is 0 Å². The zero-order valence-electron chi connectivity index (χ0n) is 33.9. The second-order valence-electron chi connectivity index (χ2n) is 15.2.